The van der Waals surface area contributed by atoms with Gasteiger partial charge in [-0.25, -0.2) is 8.78 Å². The van der Waals surface area contributed by atoms with Crippen molar-refractivity contribution >= 4 is 17.7 Å². The summed E-state index contributed by atoms with van der Waals surface area (Å²) in [4.78, 5) is 10.4. The van der Waals surface area contributed by atoms with Crippen LogP contribution in [0.4, 0.5) is 8.78 Å². The molecule has 0 aliphatic heterocycles. The molecule has 3 N–H and O–H groups in total. The first-order chi connectivity index (χ1) is 8.52. The molecular formula is C12H15F2NO2S. The molecule has 0 aliphatic carbocycles. The van der Waals surface area contributed by atoms with Crippen molar-refractivity contribution in [1.29, 1.82) is 0 Å². The number of carbonyl (C=O) groups is 1. The van der Waals surface area contributed by atoms with Crippen molar-refractivity contribution in [2.45, 2.75) is 18.9 Å². The summed E-state index contributed by atoms with van der Waals surface area (Å²) in [6.45, 7) is 0. The predicted octanol–water partition coefficient (Wildman–Crippen LogP) is 2.04. The molecule has 1 aromatic carbocycles. The van der Waals surface area contributed by atoms with Crippen molar-refractivity contribution in [3.8, 4) is 0 Å². The van der Waals surface area contributed by atoms with E-state index in [1.165, 1.54) is 17.8 Å². The van der Waals surface area contributed by atoms with Gasteiger partial charge >= 0.3 is 5.97 Å². The third-order valence-corrected chi connectivity index (χ3v) is 3.45. The zero-order valence-corrected chi connectivity index (χ0v) is 10.6. The minimum absolute atomic E-state index is 0.338. The zero-order chi connectivity index (χ0) is 13.5. The van der Waals surface area contributed by atoms with Crippen LogP contribution in [0.15, 0.2) is 18.2 Å². The molecule has 0 aromatic heterocycles. The van der Waals surface area contributed by atoms with E-state index in [0.29, 0.717) is 29.9 Å². The Hall–Kier alpha value is -1.14. The van der Waals surface area contributed by atoms with E-state index < -0.39 is 23.6 Å². The van der Waals surface area contributed by atoms with Crippen molar-refractivity contribution in [3.63, 3.8) is 0 Å². The number of hydrogen-bond donors (Lipinski definition) is 2. The van der Waals surface area contributed by atoms with Gasteiger partial charge in [0.1, 0.15) is 6.04 Å². The lowest BCUT2D eigenvalue weighted by Crippen LogP contribution is -2.30. The van der Waals surface area contributed by atoms with Gasteiger partial charge in [-0.15, -0.1) is 0 Å². The number of carboxylic acid groups (broad SMARTS) is 1. The molecule has 0 heterocycles. The lowest BCUT2D eigenvalue weighted by molar-refractivity contribution is -0.138. The predicted molar refractivity (Wildman–Crippen MR) is 67.6 cm³/mol. The third-order valence-electron chi connectivity index (χ3n) is 2.44. The van der Waals surface area contributed by atoms with Gasteiger partial charge in [-0.05, 0) is 36.0 Å². The molecule has 0 saturated heterocycles. The fourth-order valence-electron chi connectivity index (χ4n) is 1.36. The molecule has 0 radical (unpaired) electrons. The summed E-state index contributed by atoms with van der Waals surface area (Å²) in [6, 6.07) is 3.24. The van der Waals surface area contributed by atoms with Crippen LogP contribution in [0.5, 0.6) is 0 Å². The largest absolute Gasteiger partial charge is 0.480 e. The van der Waals surface area contributed by atoms with E-state index >= 15 is 0 Å². The number of thioether (sulfide) groups is 1. The molecule has 0 amide bonds. The monoisotopic (exact) mass is 275 g/mol. The Morgan fingerprint density at radius 1 is 1.39 bits per heavy atom. The number of nitrogens with two attached hydrogens (primary N) is 1. The van der Waals surface area contributed by atoms with Crippen LogP contribution in [-0.4, -0.2) is 28.6 Å². The van der Waals surface area contributed by atoms with Gasteiger partial charge in [-0.1, -0.05) is 12.1 Å². The highest BCUT2D eigenvalue weighted by Gasteiger charge is 2.11. The second kappa shape index (κ2) is 7.33. The van der Waals surface area contributed by atoms with Crippen LogP contribution in [0, 0.1) is 11.6 Å². The van der Waals surface area contributed by atoms with Crippen molar-refractivity contribution in [1.82, 2.24) is 0 Å². The summed E-state index contributed by atoms with van der Waals surface area (Å²) in [5.74, 6) is -1.48. The Balaban J connectivity index is 2.26. The molecule has 1 aromatic rings. The Morgan fingerprint density at radius 2 is 2.11 bits per heavy atom. The number of carboxylic acids is 1. The molecule has 6 heteroatoms. The molecule has 1 rings (SSSR count). The standard InChI is InChI=1S/C12H15F2NO2S/c13-9-3-1-2-8(11(9)14)4-6-18-7-5-10(15)12(16)17/h1-3,10H,4-7,15H2,(H,16,17). The highest BCUT2D eigenvalue weighted by molar-refractivity contribution is 7.99. The number of aliphatic carboxylic acids is 1. The molecule has 1 unspecified atom stereocenters. The minimum atomic E-state index is -1.02. The van der Waals surface area contributed by atoms with Crippen molar-refractivity contribution < 1.29 is 18.7 Å². The maximum Gasteiger partial charge on any atom is 0.320 e. The van der Waals surface area contributed by atoms with E-state index in [4.69, 9.17) is 10.8 Å². The van der Waals surface area contributed by atoms with Crippen molar-refractivity contribution in [2.24, 2.45) is 5.73 Å². The van der Waals surface area contributed by atoms with Crippen LogP contribution in [0.1, 0.15) is 12.0 Å². The van der Waals surface area contributed by atoms with E-state index in [1.807, 2.05) is 0 Å². The topological polar surface area (TPSA) is 63.3 Å². The van der Waals surface area contributed by atoms with Crippen LogP contribution in [-0.2, 0) is 11.2 Å². The van der Waals surface area contributed by atoms with Crippen molar-refractivity contribution in [2.75, 3.05) is 11.5 Å². The van der Waals surface area contributed by atoms with Crippen molar-refractivity contribution in [3.05, 3.63) is 35.4 Å². The number of halogens is 2. The SMILES string of the molecule is NC(CCSCCc1cccc(F)c1F)C(=O)O. The summed E-state index contributed by atoms with van der Waals surface area (Å²) in [5, 5.41) is 8.56. The quantitative estimate of drug-likeness (QED) is 0.747. The Kier molecular flexibility index (Phi) is 6.07. The lowest BCUT2D eigenvalue weighted by Gasteiger charge is -2.06. The molecule has 0 bridgehead atoms. The normalized spacial score (nSPS) is 12.4. The molecule has 0 fully saturated rings. The average Bonchev–Trinajstić information content (AvgIpc) is 2.33. The van der Waals surface area contributed by atoms with E-state index in [9.17, 15) is 13.6 Å². The molecule has 0 aliphatic rings. The maximum absolute atomic E-state index is 13.3. The minimum Gasteiger partial charge on any atom is -0.480 e. The second-order valence-corrected chi connectivity index (χ2v) is 5.03. The smallest absolute Gasteiger partial charge is 0.320 e. The molecular weight excluding hydrogens is 260 g/mol. The van der Waals surface area contributed by atoms with E-state index in [2.05, 4.69) is 0 Å². The molecule has 18 heavy (non-hydrogen) atoms. The Bertz CT molecular complexity index is 415. The van der Waals surface area contributed by atoms with Crippen LogP contribution in [0.3, 0.4) is 0 Å². The van der Waals surface area contributed by atoms with Gasteiger partial charge in [-0.2, -0.15) is 11.8 Å². The van der Waals surface area contributed by atoms with Gasteiger partial charge in [0, 0.05) is 0 Å². The summed E-state index contributed by atoms with van der Waals surface area (Å²) >= 11 is 1.48. The van der Waals surface area contributed by atoms with Crippen LogP contribution >= 0.6 is 11.8 Å². The van der Waals surface area contributed by atoms with Crippen LogP contribution in [0.2, 0.25) is 0 Å². The van der Waals surface area contributed by atoms with Crippen LogP contribution in [0.25, 0.3) is 0 Å². The number of benzene rings is 1. The highest BCUT2D eigenvalue weighted by atomic mass is 32.2. The first-order valence-corrected chi connectivity index (χ1v) is 6.67. The maximum atomic E-state index is 13.3. The summed E-state index contributed by atoms with van der Waals surface area (Å²) < 4.78 is 26.1. The summed E-state index contributed by atoms with van der Waals surface area (Å²) in [5.41, 5.74) is 5.67. The van der Waals surface area contributed by atoms with E-state index in [0.717, 1.165) is 6.07 Å². The number of hydrogen-bond acceptors (Lipinski definition) is 3. The summed E-state index contributed by atoms with van der Waals surface area (Å²) in [6.07, 6.45) is 0.780. The molecule has 1 atom stereocenters. The fraction of sp³-hybridized carbons (Fsp3) is 0.417. The lowest BCUT2D eigenvalue weighted by atomic mass is 10.1. The number of rotatable bonds is 7. The average molecular weight is 275 g/mol. The van der Waals surface area contributed by atoms with Gasteiger partial charge in [0.2, 0.25) is 0 Å². The van der Waals surface area contributed by atoms with E-state index in [-0.39, 0.29) is 0 Å². The number of aryl methyl sites for hydroxylation is 1. The molecule has 0 saturated carbocycles. The van der Waals surface area contributed by atoms with Gasteiger partial charge in [0.15, 0.2) is 11.6 Å². The van der Waals surface area contributed by atoms with Gasteiger partial charge < -0.3 is 10.8 Å². The fourth-order valence-corrected chi connectivity index (χ4v) is 2.35. The Labute approximate surface area is 108 Å². The summed E-state index contributed by atoms with van der Waals surface area (Å²) in [7, 11) is 0. The molecule has 100 valence electrons. The first kappa shape index (κ1) is 14.9. The third kappa shape index (κ3) is 4.62. The highest BCUT2D eigenvalue weighted by Crippen LogP contribution is 2.14. The Morgan fingerprint density at radius 3 is 2.78 bits per heavy atom. The first-order valence-electron chi connectivity index (χ1n) is 5.51. The van der Waals surface area contributed by atoms with Crippen LogP contribution < -0.4 is 5.73 Å². The molecule has 0 spiro atoms. The van der Waals surface area contributed by atoms with Gasteiger partial charge in [0.25, 0.3) is 0 Å². The second-order valence-electron chi connectivity index (χ2n) is 3.81. The zero-order valence-electron chi connectivity index (χ0n) is 9.73. The van der Waals surface area contributed by atoms with Gasteiger partial charge in [-0.3, -0.25) is 4.79 Å². The molecule has 3 nitrogen and oxygen atoms in total. The van der Waals surface area contributed by atoms with E-state index in [1.54, 1.807) is 6.07 Å². The van der Waals surface area contributed by atoms with Gasteiger partial charge in [0.05, 0.1) is 0 Å².